The van der Waals surface area contributed by atoms with E-state index in [0.29, 0.717) is 28.6 Å². The first kappa shape index (κ1) is 14.7. The van der Waals surface area contributed by atoms with Crippen molar-refractivity contribution < 1.29 is 13.9 Å². The lowest BCUT2D eigenvalue weighted by atomic mass is 10.2. The van der Waals surface area contributed by atoms with Crippen molar-refractivity contribution in [2.24, 2.45) is 0 Å². The number of furan rings is 1. The number of nitrogens with zero attached hydrogens (tertiary/aromatic N) is 3. The number of methoxy groups -OCH3 is 1. The molecule has 7 nitrogen and oxygen atoms in total. The normalized spacial score (nSPS) is 10.3. The second-order valence-electron chi connectivity index (χ2n) is 4.60. The molecule has 0 atom stereocenters. The highest BCUT2D eigenvalue weighted by Gasteiger charge is 2.12. The summed E-state index contributed by atoms with van der Waals surface area (Å²) < 4.78 is 10.3. The summed E-state index contributed by atoms with van der Waals surface area (Å²) in [5.41, 5.74) is 1.66. The molecule has 0 bridgehead atoms. The predicted molar refractivity (Wildman–Crippen MR) is 81.7 cm³/mol. The van der Waals surface area contributed by atoms with Crippen LogP contribution < -0.4 is 10.1 Å². The Hall–Kier alpha value is -3.22. The molecule has 0 saturated heterocycles. The highest BCUT2D eigenvalue weighted by Crippen LogP contribution is 2.19. The van der Waals surface area contributed by atoms with Crippen molar-refractivity contribution in [1.29, 1.82) is 0 Å². The molecule has 0 aliphatic heterocycles. The Morgan fingerprint density at radius 3 is 2.78 bits per heavy atom. The van der Waals surface area contributed by atoms with Crippen LogP contribution in [0.25, 0.3) is 11.5 Å². The third-order valence-corrected chi connectivity index (χ3v) is 3.15. The smallest absolute Gasteiger partial charge is 0.253 e. The van der Waals surface area contributed by atoms with Crippen LogP contribution in [0.3, 0.4) is 0 Å². The molecule has 0 aliphatic rings. The summed E-state index contributed by atoms with van der Waals surface area (Å²) in [5, 5.41) is 2.79. The van der Waals surface area contributed by atoms with Crippen molar-refractivity contribution in [3.05, 3.63) is 60.4 Å². The van der Waals surface area contributed by atoms with Gasteiger partial charge in [0.25, 0.3) is 5.91 Å². The van der Waals surface area contributed by atoms with Gasteiger partial charge in [-0.05, 0) is 18.2 Å². The van der Waals surface area contributed by atoms with Crippen molar-refractivity contribution in [3.63, 3.8) is 0 Å². The molecule has 0 spiro atoms. The van der Waals surface area contributed by atoms with Crippen LogP contribution in [0.15, 0.2) is 53.5 Å². The Morgan fingerprint density at radius 2 is 2.09 bits per heavy atom. The van der Waals surface area contributed by atoms with Gasteiger partial charge in [-0.15, -0.1) is 0 Å². The molecule has 3 heterocycles. The largest absolute Gasteiger partial charge is 0.481 e. The summed E-state index contributed by atoms with van der Waals surface area (Å²) in [4.78, 5) is 24.7. The van der Waals surface area contributed by atoms with Crippen LogP contribution in [-0.2, 0) is 6.54 Å². The van der Waals surface area contributed by atoms with Gasteiger partial charge in [-0.1, -0.05) is 0 Å². The quantitative estimate of drug-likeness (QED) is 0.776. The van der Waals surface area contributed by atoms with E-state index in [1.54, 1.807) is 42.9 Å². The zero-order valence-electron chi connectivity index (χ0n) is 12.4. The van der Waals surface area contributed by atoms with Gasteiger partial charge in [0.1, 0.15) is 5.69 Å². The van der Waals surface area contributed by atoms with Crippen LogP contribution >= 0.6 is 0 Å². The number of rotatable bonds is 5. The van der Waals surface area contributed by atoms with E-state index in [4.69, 9.17) is 9.15 Å². The first-order chi connectivity index (χ1) is 11.3. The van der Waals surface area contributed by atoms with Crippen molar-refractivity contribution in [1.82, 2.24) is 20.3 Å². The number of hydrogen-bond donors (Lipinski definition) is 1. The predicted octanol–water partition coefficient (Wildman–Crippen LogP) is 2.07. The third-order valence-electron chi connectivity index (χ3n) is 3.15. The molecular formula is C16H14N4O3. The van der Waals surface area contributed by atoms with E-state index in [1.165, 1.54) is 13.3 Å². The van der Waals surface area contributed by atoms with Gasteiger partial charge in [0.15, 0.2) is 5.76 Å². The molecule has 0 aliphatic carbocycles. The van der Waals surface area contributed by atoms with Crippen molar-refractivity contribution in [3.8, 4) is 17.3 Å². The fraction of sp³-hybridized carbons (Fsp3) is 0.125. The molecule has 1 amide bonds. The van der Waals surface area contributed by atoms with Crippen LogP contribution in [0.5, 0.6) is 5.88 Å². The Bertz CT molecular complexity index is 785. The second kappa shape index (κ2) is 6.69. The van der Waals surface area contributed by atoms with Crippen molar-refractivity contribution in [2.45, 2.75) is 6.54 Å². The standard InChI is InChI=1S/C16H14N4O3/c1-22-14-5-4-11(9-19-14)16(21)20-10-12-15(18-7-6-17-12)13-3-2-8-23-13/h2-9H,10H2,1H3,(H,20,21). The molecule has 0 unspecified atom stereocenters. The average molecular weight is 310 g/mol. The first-order valence-electron chi connectivity index (χ1n) is 6.90. The summed E-state index contributed by atoms with van der Waals surface area (Å²) >= 11 is 0. The molecule has 3 aromatic heterocycles. The molecule has 3 aromatic rings. The van der Waals surface area contributed by atoms with Crippen molar-refractivity contribution in [2.75, 3.05) is 7.11 Å². The summed E-state index contributed by atoms with van der Waals surface area (Å²) in [5.74, 6) is 0.806. The Labute approximate surface area is 132 Å². The van der Waals surface area contributed by atoms with E-state index in [9.17, 15) is 4.79 Å². The van der Waals surface area contributed by atoms with E-state index < -0.39 is 0 Å². The van der Waals surface area contributed by atoms with Gasteiger partial charge >= 0.3 is 0 Å². The lowest BCUT2D eigenvalue weighted by Gasteiger charge is -2.07. The highest BCUT2D eigenvalue weighted by atomic mass is 16.5. The molecule has 0 aromatic carbocycles. The molecule has 0 radical (unpaired) electrons. The maximum atomic E-state index is 12.2. The minimum atomic E-state index is -0.254. The second-order valence-corrected chi connectivity index (χ2v) is 4.60. The van der Waals surface area contributed by atoms with Crippen LogP contribution in [0.1, 0.15) is 16.1 Å². The van der Waals surface area contributed by atoms with E-state index >= 15 is 0 Å². The number of hydrogen-bond acceptors (Lipinski definition) is 6. The third kappa shape index (κ3) is 3.34. The molecule has 0 saturated carbocycles. The van der Waals surface area contributed by atoms with E-state index in [0.717, 1.165) is 0 Å². The minimum absolute atomic E-state index is 0.231. The summed E-state index contributed by atoms with van der Waals surface area (Å²) in [6, 6.07) is 6.84. The number of amides is 1. The van der Waals surface area contributed by atoms with E-state index in [2.05, 4.69) is 20.3 Å². The zero-order chi connectivity index (χ0) is 16.1. The lowest BCUT2D eigenvalue weighted by molar-refractivity contribution is 0.0950. The SMILES string of the molecule is COc1ccc(C(=O)NCc2nccnc2-c2ccco2)cn1. The summed E-state index contributed by atoms with van der Waals surface area (Å²) in [7, 11) is 1.52. The van der Waals surface area contributed by atoms with Gasteiger partial charge in [-0.3, -0.25) is 9.78 Å². The molecule has 3 rings (SSSR count). The number of carbonyl (C=O) groups excluding carboxylic acids is 1. The molecule has 116 valence electrons. The number of ether oxygens (including phenoxy) is 1. The number of aromatic nitrogens is 3. The summed E-state index contributed by atoms with van der Waals surface area (Å²) in [6.07, 6.45) is 6.17. The molecule has 7 heteroatoms. The molecule has 1 N–H and O–H groups in total. The van der Waals surface area contributed by atoms with Gasteiger partial charge in [-0.2, -0.15) is 0 Å². The topological polar surface area (TPSA) is 90.1 Å². The van der Waals surface area contributed by atoms with Gasteiger partial charge in [0.2, 0.25) is 5.88 Å². The Balaban J connectivity index is 1.72. The minimum Gasteiger partial charge on any atom is -0.481 e. The zero-order valence-corrected chi connectivity index (χ0v) is 12.4. The monoisotopic (exact) mass is 310 g/mol. The number of carbonyl (C=O) groups is 1. The van der Waals surface area contributed by atoms with Gasteiger partial charge < -0.3 is 14.5 Å². The van der Waals surface area contributed by atoms with Crippen LogP contribution in [0.2, 0.25) is 0 Å². The van der Waals surface area contributed by atoms with Crippen LogP contribution in [-0.4, -0.2) is 28.0 Å². The lowest BCUT2D eigenvalue weighted by Crippen LogP contribution is -2.24. The molecular weight excluding hydrogens is 296 g/mol. The van der Waals surface area contributed by atoms with Gasteiger partial charge in [0.05, 0.1) is 31.2 Å². The van der Waals surface area contributed by atoms with E-state index in [-0.39, 0.29) is 12.5 Å². The molecule has 0 fully saturated rings. The first-order valence-corrected chi connectivity index (χ1v) is 6.90. The fourth-order valence-electron chi connectivity index (χ4n) is 2.02. The molecule has 23 heavy (non-hydrogen) atoms. The maximum absolute atomic E-state index is 12.2. The van der Waals surface area contributed by atoms with Crippen LogP contribution in [0.4, 0.5) is 0 Å². The van der Waals surface area contributed by atoms with Crippen LogP contribution in [0, 0.1) is 0 Å². The highest BCUT2D eigenvalue weighted by molar-refractivity contribution is 5.93. The van der Waals surface area contributed by atoms with Gasteiger partial charge in [-0.25, -0.2) is 9.97 Å². The Kier molecular flexibility index (Phi) is 4.28. The van der Waals surface area contributed by atoms with E-state index in [1.807, 2.05) is 0 Å². The van der Waals surface area contributed by atoms with Crippen molar-refractivity contribution >= 4 is 5.91 Å². The average Bonchev–Trinajstić information content (AvgIpc) is 3.14. The fourth-order valence-corrected chi connectivity index (χ4v) is 2.02. The Morgan fingerprint density at radius 1 is 1.22 bits per heavy atom. The summed E-state index contributed by atoms with van der Waals surface area (Å²) in [6.45, 7) is 0.231. The maximum Gasteiger partial charge on any atom is 0.253 e. The number of pyridine rings is 1. The van der Waals surface area contributed by atoms with Gasteiger partial charge in [0, 0.05) is 24.7 Å². The number of nitrogens with one attached hydrogen (secondary N) is 1.